The summed E-state index contributed by atoms with van der Waals surface area (Å²) in [5, 5.41) is 0.606. The van der Waals surface area contributed by atoms with Crippen LogP contribution in [0.25, 0.3) is 6.08 Å². The molecule has 0 aliphatic carbocycles. The molecule has 0 N–H and O–H groups in total. The summed E-state index contributed by atoms with van der Waals surface area (Å²) in [6.45, 7) is 1.76. The van der Waals surface area contributed by atoms with Crippen LogP contribution in [-0.2, 0) is 11.2 Å². The third-order valence-corrected chi connectivity index (χ3v) is 4.78. The second-order valence-corrected chi connectivity index (χ2v) is 7.00. The predicted octanol–water partition coefficient (Wildman–Crippen LogP) is 4.81. The number of carbonyl (C=O) groups is 2. The van der Waals surface area contributed by atoms with Gasteiger partial charge in [-0.15, -0.1) is 0 Å². The summed E-state index contributed by atoms with van der Waals surface area (Å²) >= 11 is 5.86. The molecule has 0 atom stereocenters. The largest absolute Gasteiger partial charge is 0.452 e. The first-order chi connectivity index (χ1) is 14.0. The lowest BCUT2D eigenvalue weighted by Crippen LogP contribution is -2.12. The first-order valence-corrected chi connectivity index (χ1v) is 9.32. The van der Waals surface area contributed by atoms with Gasteiger partial charge in [-0.25, -0.2) is 0 Å². The number of allylic oxidation sites excluding steroid dienone is 1. The van der Waals surface area contributed by atoms with Gasteiger partial charge in [0.1, 0.15) is 11.5 Å². The number of esters is 1. The van der Waals surface area contributed by atoms with Gasteiger partial charge in [0.15, 0.2) is 5.76 Å². The van der Waals surface area contributed by atoms with Crippen LogP contribution in [0.3, 0.4) is 0 Å². The number of nitrogens with zero attached hydrogens (tertiary/aromatic N) is 1. The van der Waals surface area contributed by atoms with Crippen molar-refractivity contribution in [2.45, 2.75) is 13.3 Å². The number of benzene rings is 2. The Balaban J connectivity index is 1.53. The van der Waals surface area contributed by atoms with Gasteiger partial charge >= 0.3 is 5.97 Å². The maximum absolute atomic E-state index is 12.6. The van der Waals surface area contributed by atoms with Crippen molar-refractivity contribution < 1.29 is 19.1 Å². The van der Waals surface area contributed by atoms with Crippen molar-refractivity contribution in [2.75, 3.05) is 0 Å². The van der Waals surface area contributed by atoms with E-state index in [1.807, 2.05) is 0 Å². The number of carbonyl (C=O) groups excluding carboxylic acids is 2. The Morgan fingerprint density at radius 1 is 1.10 bits per heavy atom. The first kappa shape index (κ1) is 18.9. The highest BCUT2D eigenvalue weighted by atomic mass is 35.5. The van der Waals surface area contributed by atoms with Crippen molar-refractivity contribution in [1.82, 2.24) is 4.98 Å². The Labute approximate surface area is 172 Å². The molecule has 0 amide bonds. The third kappa shape index (κ3) is 4.05. The second kappa shape index (κ2) is 7.89. The number of halogens is 1. The average Bonchev–Trinajstić information content (AvgIpc) is 3.03. The Morgan fingerprint density at radius 2 is 1.83 bits per heavy atom. The Morgan fingerprint density at radius 3 is 2.55 bits per heavy atom. The number of rotatable bonds is 4. The molecule has 4 rings (SSSR count). The van der Waals surface area contributed by atoms with Crippen LogP contribution in [0.4, 0.5) is 0 Å². The van der Waals surface area contributed by atoms with Crippen LogP contribution in [0.2, 0.25) is 5.02 Å². The van der Waals surface area contributed by atoms with Crippen LogP contribution in [-0.4, -0.2) is 16.7 Å². The molecule has 0 unspecified atom stereocenters. The lowest BCUT2D eigenvalue weighted by atomic mass is 10.1. The van der Waals surface area contributed by atoms with E-state index in [0.29, 0.717) is 27.6 Å². The van der Waals surface area contributed by atoms with Crippen LogP contribution in [0.1, 0.15) is 27.0 Å². The van der Waals surface area contributed by atoms with Crippen molar-refractivity contribution in [1.29, 1.82) is 0 Å². The summed E-state index contributed by atoms with van der Waals surface area (Å²) < 4.78 is 11.3. The zero-order valence-corrected chi connectivity index (χ0v) is 16.3. The highest BCUT2D eigenvalue weighted by molar-refractivity contribution is 6.30. The molecule has 0 radical (unpaired) electrons. The normalized spacial score (nSPS) is 13.9. The monoisotopic (exact) mass is 405 g/mol. The molecular formula is C23H16ClNO4. The average molecular weight is 406 g/mol. The highest BCUT2D eigenvalue weighted by Crippen LogP contribution is 2.39. The predicted molar refractivity (Wildman–Crippen MR) is 109 cm³/mol. The molecule has 0 saturated heterocycles. The number of hydrogen-bond donors (Lipinski definition) is 0. The lowest BCUT2D eigenvalue weighted by molar-refractivity contribution is -0.133. The van der Waals surface area contributed by atoms with Gasteiger partial charge < -0.3 is 9.47 Å². The van der Waals surface area contributed by atoms with E-state index in [2.05, 4.69) is 4.98 Å². The van der Waals surface area contributed by atoms with Gasteiger partial charge in [-0.05, 0) is 60.5 Å². The molecule has 0 saturated carbocycles. The molecule has 6 heteroatoms. The lowest BCUT2D eigenvalue weighted by Gasteiger charge is -2.10. The quantitative estimate of drug-likeness (QED) is 0.354. The topological polar surface area (TPSA) is 65.5 Å². The van der Waals surface area contributed by atoms with Crippen LogP contribution in [0.5, 0.6) is 11.5 Å². The molecule has 1 aliphatic heterocycles. The van der Waals surface area contributed by atoms with Crippen molar-refractivity contribution in [3.8, 4) is 11.5 Å². The van der Waals surface area contributed by atoms with Gasteiger partial charge in [0, 0.05) is 23.0 Å². The first-order valence-electron chi connectivity index (χ1n) is 8.94. The van der Waals surface area contributed by atoms with Gasteiger partial charge in [0.2, 0.25) is 5.78 Å². The molecule has 2 heterocycles. The summed E-state index contributed by atoms with van der Waals surface area (Å²) in [5.41, 5.74) is 2.65. The Kier molecular flexibility index (Phi) is 5.14. The minimum atomic E-state index is -0.410. The number of fused-ring (bicyclic) bond motifs is 1. The standard InChI is InChI=1S/C23H16ClNO4/c1-14-19(28-21(26)13-15-2-4-17(24)5-3-15)7-6-18-22(27)20(29-23(14)18)12-16-8-10-25-11-9-16/h2-12H,13H2,1H3/b20-12-. The molecule has 0 spiro atoms. The number of aromatic nitrogens is 1. The van der Waals surface area contributed by atoms with Gasteiger partial charge in [-0.3, -0.25) is 14.6 Å². The van der Waals surface area contributed by atoms with Gasteiger partial charge in [-0.2, -0.15) is 0 Å². The van der Waals surface area contributed by atoms with Crippen LogP contribution < -0.4 is 9.47 Å². The maximum atomic E-state index is 12.6. The van der Waals surface area contributed by atoms with E-state index in [9.17, 15) is 9.59 Å². The second-order valence-electron chi connectivity index (χ2n) is 6.56. The van der Waals surface area contributed by atoms with Crippen LogP contribution >= 0.6 is 11.6 Å². The summed E-state index contributed by atoms with van der Waals surface area (Å²) in [5.74, 6) is 0.373. The van der Waals surface area contributed by atoms with E-state index in [0.717, 1.165) is 11.1 Å². The summed E-state index contributed by atoms with van der Waals surface area (Å²) in [6.07, 6.45) is 5.06. The fourth-order valence-corrected chi connectivity index (χ4v) is 3.14. The number of hydrogen-bond acceptors (Lipinski definition) is 5. The van der Waals surface area contributed by atoms with E-state index in [-0.39, 0.29) is 18.0 Å². The van der Waals surface area contributed by atoms with Gasteiger partial charge in [-0.1, -0.05) is 23.7 Å². The molecule has 144 valence electrons. The Hall–Kier alpha value is -3.44. The molecule has 2 aromatic carbocycles. The maximum Gasteiger partial charge on any atom is 0.315 e. The molecule has 5 nitrogen and oxygen atoms in total. The van der Waals surface area contributed by atoms with E-state index in [4.69, 9.17) is 21.1 Å². The zero-order chi connectivity index (χ0) is 20.4. The molecule has 1 aromatic heterocycles. The molecule has 3 aromatic rings. The SMILES string of the molecule is Cc1c(OC(=O)Cc2ccc(Cl)cc2)ccc2c1O/C(=C\c1ccncc1)C2=O. The number of ketones is 1. The number of pyridine rings is 1. The number of ether oxygens (including phenoxy) is 2. The van der Waals surface area contributed by atoms with Crippen LogP contribution in [0.15, 0.2) is 66.7 Å². The van der Waals surface area contributed by atoms with E-state index in [1.165, 1.54) is 0 Å². The highest BCUT2D eigenvalue weighted by Gasteiger charge is 2.30. The summed E-state index contributed by atoms with van der Waals surface area (Å²) in [7, 11) is 0. The minimum Gasteiger partial charge on any atom is -0.452 e. The Bertz CT molecular complexity index is 1120. The van der Waals surface area contributed by atoms with Crippen molar-refractivity contribution in [3.05, 3.63) is 94.0 Å². The van der Waals surface area contributed by atoms with Crippen molar-refractivity contribution in [2.24, 2.45) is 0 Å². The fourth-order valence-electron chi connectivity index (χ4n) is 3.02. The van der Waals surface area contributed by atoms with E-state index < -0.39 is 5.97 Å². The smallest absolute Gasteiger partial charge is 0.315 e. The summed E-state index contributed by atoms with van der Waals surface area (Å²) in [4.78, 5) is 28.9. The van der Waals surface area contributed by atoms with Crippen molar-refractivity contribution in [3.63, 3.8) is 0 Å². The molecule has 0 bridgehead atoms. The van der Waals surface area contributed by atoms with Gasteiger partial charge in [0.05, 0.1) is 12.0 Å². The van der Waals surface area contributed by atoms with E-state index >= 15 is 0 Å². The third-order valence-electron chi connectivity index (χ3n) is 4.53. The van der Waals surface area contributed by atoms with Crippen molar-refractivity contribution >= 4 is 29.4 Å². The molecule has 1 aliphatic rings. The van der Waals surface area contributed by atoms with Gasteiger partial charge in [0.25, 0.3) is 0 Å². The van der Waals surface area contributed by atoms with Crippen LogP contribution in [0, 0.1) is 6.92 Å². The number of Topliss-reactive ketones (excluding diaryl/α,β-unsaturated/α-hetero) is 1. The fraction of sp³-hybridized carbons (Fsp3) is 0.0870. The minimum absolute atomic E-state index is 0.112. The van der Waals surface area contributed by atoms with E-state index in [1.54, 1.807) is 73.9 Å². The molecule has 29 heavy (non-hydrogen) atoms. The zero-order valence-electron chi connectivity index (χ0n) is 15.5. The molecular weight excluding hydrogens is 390 g/mol. The molecule has 0 fully saturated rings. The summed E-state index contributed by atoms with van der Waals surface area (Å²) in [6, 6.07) is 13.8.